The molecule has 3 aliphatic carbocycles. The highest BCUT2D eigenvalue weighted by Crippen LogP contribution is 2.54. The number of benzene rings is 13. The van der Waals surface area contributed by atoms with Crippen LogP contribution < -0.4 is 0 Å². The van der Waals surface area contributed by atoms with Crippen LogP contribution in [-0.4, -0.2) is 0 Å². The normalized spacial score (nSPS) is 13.7. The molecule has 0 nitrogen and oxygen atoms in total. The van der Waals surface area contributed by atoms with Gasteiger partial charge in [-0.25, -0.2) is 0 Å². The molecule has 3 aliphatic rings. The van der Waals surface area contributed by atoms with Crippen molar-refractivity contribution in [1.82, 2.24) is 0 Å². The van der Waals surface area contributed by atoms with Gasteiger partial charge in [0.05, 0.1) is 0 Å². The lowest BCUT2D eigenvalue weighted by Crippen LogP contribution is -2.15. The molecule has 0 amide bonds. The van der Waals surface area contributed by atoms with Crippen LogP contribution in [-0.2, 0) is 10.8 Å². The molecular formula is C80H56. The molecule has 0 heteroatoms. The molecule has 0 saturated carbocycles. The summed E-state index contributed by atoms with van der Waals surface area (Å²) in [5.74, 6) is 0. The van der Waals surface area contributed by atoms with Crippen LogP contribution >= 0.6 is 0 Å². The Hall–Kier alpha value is -9.62. The molecule has 0 bridgehead atoms. The first-order valence-corrected chi connectivity index (χ1v) is 28.3. The van der Waals surface area contributed by atoms with Gasteiger partial charge in [0.1, 0.15) is 0 Å². The van der Waals surface area contributed by atoms with Crippen LogP contribution in [0.15, 0.2) is 267 Å². The second-order valence-corrected chi connectivity index (χ2v) is 23.6. The molecule has 0 aliphatic heterocycles. The van der Waals surface area contributed by atoms with Crippen LogP contribution in [0.4, 0.5) is 0 Å². The van der Waals surface area contributed by atoms with Crippen molar-refractivity contribution in [1.29, 1.82) is 0 Å². The summed E-state index contributed by atoms with van der Waals surface area (Å²) in [5, 5.41) is 5.23. The predicted octanol–water partition coefficient (Wildman–Crippen LogP) is 21.9. The monoisotopic (exact) mass is 1020 g/mol. The van der Waals surface area contributed by atoms with E-state index in [9.17, 15) is 0 Å². The summed E-state index contributed by atoms with van der Waals surface area (Å²) >= 11 is 0. The lowest BCUT2D eigenvalue weighted by molar-refractivity contribution is 0.660. The van der Waals surface area contributed by atoms with E-state index in [4.69, 9.17) is 0 Å². The molecule has 0 spiro atoms. The van der Waals surface area contributed by atoms with Crippen molar-refractivity contribution in [3.63, 3.8) is 0 Å². The third-order valence-corrected chi connectivity index (χ3v) is 18.5. The van der Waals surface area contributed by atoms with Crippen molar-refractivity contribution < 1.29 is 0 Å². The van der Waals surface area contributed by atoms with Gasteiger partial charge in [0.15, 0.2) is 0 Å². The van der Waals surface area contributed by atoms with Crippen LogP contribution in [0.3, 0.4) is 0 Å². The predicted molar refractivity (Wildman–Crippen MR) is 339 cm³/mol. The molecule has 13 aromatic rings. The van der Waals surface area contributed by atoms with E-state index in [1.807, 2.05) is 0 Å². The molecular weight excluding hydrogens is 961 g/mol. The second-order valence-electron chi connectivity index (χ2n) is 23.6. The number of hydrogen-bond acceptors (Lipinski definition) is 0. The Labute approximate surface area is 469 Å². The fourth-order valence-electron chi connectivity index (χ4n) is 14.1. The van der Waals surface area contributed by atoms with E-state index in [1.54, 1.807) is 0 Å². The lowest BCUT2D eigenvalue weighted by Gasteiger charge is -2.24. The van der Waals surface area contributed by atoms with Gasteiger partial charge in [0.2, 0.25) is 0 Å². The average Bonchev–Trinajstić information content (AvgIpc) is 4.18. The van der Waals surface area contributed by atoms with E-state index < -0.39 is 0 Å². The summed E-state index contributed by atoms with van der Waals surface area (Å²) in [7, 11) is 0. The van der Waals surface area contributed by atoms with Gasteiger partial charge in [-0.05, 0) is 190 Å². The minimum absolute atomic E-state index is 0.152. The van der Waals surface area contributed by atoms with E-state index in [0.29, 0.717) is 0 Å². The Morgan fingerprint density at radius 3 is 0.900 bits per heavy atom. The second kappa shape index (κ2) is 17.4. The van der Waals surface area contributed by atoms with Gasteiger partial charge in [-0.3, -0.25) is 0 Å². The zero-order chi connectivity index (χ0) is 53.4. The number of rotatable bonds is 7. The van der Waals surface area contributed by atoms with E-state index in [0.717, 1.165) is 0 Å². The fraction of sp³-hybridized carbons (Fsp3) is 0.0750. The SMILES string of the molecule is CC1(C)c2cc(-c3ccc(-c4ccc(-c5cccc6ccccc56)cc4)cc3)ccc2-c2ccc(-c3ccc4c(c3)C(C)(C)c3cc(-c5ccc(-c6ccc(-c7ccc8c9c(cccc79)-c7ccccc7-8)cc6)cc5)ccc3-4)cc21. The van der Waals surface area contributed by atoms with Gasteiger partial charge in [-0.15, -0.1) is 0 Å². The first kappa shape index (κ1) is 46.5. The van der Waals surface area contributed by atoms with Crippen LogP contribution in [0.2, 0.25) is 0 Å². The molecule has 0 heterocycles. The van der Waals surface area contributed by atoms with E-state index >= 15 is 0 Å². The maximum absolute atomic E-state index is 2.47. The molecule has 376 valence electrons. The first-order valence-electron chi connectivity index (χ1n) is 28.3. The summed E-state index contributed by atoms with van der Waals surface area (Å²) in [6.07, 6.45) is 0. The highest BCUT2D eigenvalue weighted by atomic mass is 14.4. The van der Waals surface area contributed by atoms with Gasteiger partial charge in [-0.1, -0.05) is 270 Å². The minimum atomic E-state index is -0.156. The Bertz CT molecular complexity index is 4660. The van der Waals surface area contributed by atoms with Crippen molar-refractivity contribution in [3.8, 4) is 122 Å². The molecule has 0 atom stereocenters. The lowest BCUT2D eigenvalue weighted by atomic mass is 9.79. The van der Waals surface area contributed by atoms with Gasteiger partial charge >= 0.3 is 0 Å². The van der Waals surface area contributed by atoms with Crippen molar-refractivity contribution in [2.45, 2.75) is 38.5 Å². The average molecular weight is 1020 g/mol. The summed E-state index contributed by atoms with van der Waals surface area (Å²) in [6, 6.07) is 100. The maximum atomic E-state index is 2.47. The summed E-state index contributed by atoms with van der Waals surface area (Å²) in [4.78, 5) is 0. The Kier molecular flexibility index (Phi) is 10.1. The standard InChI is InChI=1S/C80H56/c1-79(2)74-45-58(53-23-19-49(20-24-53)51-27-31-56(32-28-51)63-16-9-12-55-11-5-6-13-62(55)63)35-39-67(74)69-41-37-60(47-76(69)79)61-38-42-70-68-40-36-59(46-75(68)80(3,4)77(70)48-61)54-25-21-50(22-26-54)52-29-33-57(34-30-52)64-43-44-73-66-15-8-7-14-65(66)72-18-10-17-71(64)78(72)73/h5-48H,1-4H3. The van der Waals surface area contributed by atoms with Crippen LogP contribution in [0, 0.1) is 0 Å². The largest absolute Gasteiger partial charge is 0.0616 e. The highest BCUT2D eigenvalue weighted by molar-refractivity contribution is 6.18. The van der Waals surface area contributed by atoms with E-state index in [2.05, 4.69) is 295 Å². The molecule has 0 saturated heterocycles. The fourth-order valence-corrected chi connectivity index (χ4v) is 14.1. The molecule has 13 aromatic carbocycles. The molecule has 0 N–H and O–H groups in total. The van der Waals surface area contributed by atoms with E-state index in [1.165, 1.54) is 166 Å². The van der Waals surface area contributed by atoms with E-state index in [-0.39, 0.29) is 10.8 Å². The first-order chi connectivity index (χ1) is 39.1. The number of hydrogen-bond donors (Lipinski definition) is 0. The minimum Gasteiger partial charge on any atom is -0.0616 e. The van der Waals surface area contributed by atoms with Crippen molar-refractivity contribution in [2.75, 3.05) is 0 Å². The molecule has 0 unspecified atom stereocenters. The van der Waals surface area contributed by atoms with Gasteiger partial charge in [-0.2, -0.15) is 0 Å². The molecule has 80 heavy (non-hydrogen) atoms. The molecule has 0 radical (unpaired) electrons. The van der Waals surface area contributed by atoms with Crippen molar-refractivity contribution in [3.05, 3.63) is 289 Å². The van der Waals surface area contributed by atoms with Gasteiger partial charge in [0.25, 0.3) is 0 Å². The maximum Gasteiger partial charge on any atom is 0.0159 e. The quantitative estimate of drug-likeness (QED) is 0.149. The molecule has 0 aromatic heterocycles. The van der Waals surface area contributed by atoms with Crippen LogP contribution in [0.5, 0.6) is 0 Å². The molecule has 0 fully saturated rings. The van der Waals surface area contributed by atoms with Gasteiger partial charge < -0.3 is 0 Å². The van der Waals surface area contributed by atoms with Crippen LogP contribution in [0.25, 0.3) is 144 Å². The Balaban J connectivity index is 0.625. The third-order valence-electron chi connectivity index (χ3n) is 18.5. The summed E-state index contributed by atoms with van der Waals surface area (Å²) < 4.78 is 0. The Morgan fingerprint density at radius 2 is 0.450 bits per heavy atom. The number of fused-ring (bicyclic) bond motifs is 10. The highest BCUT2D eigenvalue weighted by Gasteiger charge is 2.38. The van der Waals surface area contributed by atoms with Crippen LogP contribution in [0.1, 0.15) is 49.9 Å². The van der Waals surface area contributed by atoms with Crippen molar-refractivity contribution >= 4 is 21.5 Å². The zero-order valence-corrected chi connectivity index (χ0v) is 45.4. The topological polar surface area (TPSA) is 0 Å². The molecule has 16 rings (SSSR count). The van der Waals surface area contributed by atoms with Crippen molar-refractivity contribution in [2.24, 2.45) is 0 Å². The Morgan fingerprint density at radius 1 is 0.188 bits per heavy atom. The zero-order valence-electron chi connectivity index (χ0n) is 45.4. The van der Waals surface area contributed by atoms with Gasteiger partial charge in [0, 0.05) is 10.8 Å². The summed E-state index contributed by atoms with van der Waals surface area (Å²) in [6.45, 7) is 9.60. The summed E-state index contributed by atoms with van der Waals surface area (Å²) in [5.41, 5.74) is 33.4. The smallest absolute Gasteiger partial charge is 0.0159 e. The third kappa shape index (κ3) is 7.08.